The molecule has 0 aliphatic rings. The molecule has 3 nitrogen and oxygen atoms in total. The topological polar surface area (TPSA) is 21.3 Å². The highest BCUT2D eigenvalue weighted by Gasteiger charge is 2.26. The van der Waals surface area contributed by atoms with E-state index in [4.69, 9.17) is 4.42 Å². The average molecular weight is 819 g/mol. The van der Waals surface area contributed by atoms with Crippen LogP contribution in [0.5, 0.6) is 0 Å². The number of aromatic nitrogens is 1. The third-order valence-corrected chi connectivity index (χ3v) is 12.7. The van der Waals surface area contributed by atoms with Crippen LogP contribution in [0, 0.1) is 6.92 Å². The summed E-state index contributed by atoms with van der Waals surface area (Å²) in [6, 6.07) is 85.1. The van der Waals surface area contributed by atoms with Crippen molar-refractivity contribution in [2.24, 2.45) is 0 Å². The predicted molar refractivity (Wildman–Crippen MR) is 269 cm³/mol. The maximum absolute atomic E-state index is 7.04. The summed E-state index contributed by atoms with van der Waals surface area (Å²) in [5, 5.41) is 4.62. The minimum absolute atomic E-state index is 0.851. The van der Waals surface area contributed by atoms with Crippen LogP contribution in [0.15, 0.2) is 241 Å². The van der Waals surface area contributed by atoms with Crippen LogP contribution in [0.3, 0.4) is 0 Å². The summed E-state index contributed by atoms with van der Waals surface area (Å²) in [6.45, 7) is 2.23. The molecule has 302 valence electrons. The number of para-hydroxylation sites is 3. The zero-order valence-corrected chi connectivity index (χ0v) is 35.3. The van der Waals surface area contributed by atoms with Gasteiger partial charge in [-0.1, -0.05) is 170 Å². The Hall–Kier alpha value is -8.40. The fourth-order valence-electron chi connectivity index (χ4n) is 9.73. The summed E-state index contributed by atoms with van der Waals surface area (Å²) in [4.78, 5) is 2.46. The number of furan rings is 1. The molecule has 0 aliphatic carbocycles. The van der Waals surface area contributed by atoms with Gasteiger partial charge in [0.05, 0.1) is 27.8 Å². The second-order valence-electron chi connectivity index (χ2n) is 16.5. The van der Waals surface area contributed by atoms with Gasteiger partial charge in [-0.05, 0) is 113 Å². The van der Waals surface area contributed by atoms with Crippen LogP contribution < -0.4 is 4.90 Å². The molecular weight excluding hydrogens is 777 g/mol. The van der Waals surface area contributed by atoms with Crippen LogP contribution in [0.1, 0.15) is 5.56 Å². The molecule has 0 radical (unpaired) electrons. The molecule has 0 amide bonds. The van der Waals surface area contributed by atoms with Crippen molar-refractivity contribution in [1.82, 2.24) is 4.57 Å². The van der Waals surface area contributed by atoms with E-state index >= 15 is 0 Å². The molecule has 2 aromatic heterocycles. The summed E-state index contributed by atoms with van der Waals surface area (Å²) < 4.78 is 9.42. The quantitative estimate of drug-likeness (QED) is 0.152. The van der Waals surface area contributed by atoms with E-state index in [2.05, 4.69) is 253 Å². The van der Waals surface area contributed by atoms with Gasteiger partial charge in [-0.3, -0.25) is 0 Å². The van der Waals surface area contributed by atoms with E-state index < -0.39 is 0 Å². The fraction of sp³-hybridized carbons (Fsp3) is 0.0164. The van der Waals surface area contributed by atoms with Gasteiger partial charge in [0.1, 0.15) is 11.2 Å². The van der Waals surface area contributed by atoms with Crippen molar-refractivity contribution < 1.29 is 4.42 Å². The molecule has 0 bridgehead atoms. The number of aryl methyl sites for hydroxylation is 1. The predicted octanol–water partition coefficient (Wildman–Crippen LogP) is 17.1. The van der Waals surface area contributed by atoms with Crippen LogP contribution in [-0.4, -0.2) is 4.57 Å². The van der Waals surface area contributed by atoms with Gasteiger partial charge in [0.2, 0.25) is 0 Å². The van der Waals surface area contributed by atoms with E-state index in [1.54, 1.807) is 0 Å². The number of benzene rings is 10. The third-order valence-electron chi connectivity index (χ3n) is 12.7. The lowest BCUT2D eigenvalue weighted by atomic mass is 9.94. The van der Waals surface area contributed by atoms with Crippen molar-refractivity contribution in [3.63, 3.8) is 0 Å². The highest BCUT2D eigenvalue weighted by molar-refractivity contribution is 6.18. The number of fused-ring (bicyclic) bond motifs is 6. The van der Waals surface area contributed by atoms with Gasteiger partial charge in [-0.25, -0.2) is 0 Å². The number of rotatable bonds is 8. The van der Waals surface area contributed by atoms with Crippen molar-refractivity contribution in [1.29, 1.82) is 0 Å². The van der Waals surface area contributed by atoms with Crippen molar-refractivity contribution in [2.45, 2.75) is 6.92 Å². The highest BCUT2D eigenvalue weighted by Crippen LogP contribution is 2.50. The Kier molecular flexibility index (Phi) is 9.05. The smallest absolute Gasteiger partial charge is 0.145 e. The van der Waals surface area contributed by atoms with E-state index in [1.165, 1.54) is 38.5 Å². The maximum Gasteiger partial charge on any atom is 0.145 e. The second-order valence-corrected chi connectivity index (χ2v) is 16.5. The zero-order valence-electron chi connectivity index (χ0n) is 35.3. The lowest BCUT2D eigenvalue weighted by molar-refractivity contribution is 0.670. The lowest BCUT2D eigenvalue weighted by Crippen LogP contribution is -2.13. The molecule has 0 unspecified atom stereocenters. The van der Waals surface area contributed by atoms with Crippen molar-refractivity contribution in [2.75, 3.05) is 4.90 Å². The van der Waals surface area contributed by atoms with Gasteiger partial charge in [0, 0.05) is 38.7 Å². The Balaban J connectivity index is 1.11. The molecule has 12 aromatic rings. The molecule has 0 fully saturated rings. The van der Waals surface area contributed by atoms with Crippen LogP contribution in [0.25, 0.3) is 93.9 Å². The Morgan fingerprint density at radius 1 is 0.359 bits per heavy atom. The van der Waals surface area contributed by atoms with Gasteiger partial charge in [-0.15, -0.1) is 0 Å². The summed E-state index contributed by atoms with van der Waals surface area (Å²) in [7, 11) is 0. The minimum atomic E-state index is 0.851. The Bertz CT molecular complexity index is 3620. The summed E-state index contributed by atoms with van der Waals surface area (Å²) in [5.74, 6) is 0. The first-order chi connectivity index (χ1) is 31.7. The molecule has 12 rings (SSSR count). The molecule has 0 atom stereocenters. The number of hydrogen-bond donors (Lipinski definition) is 0. The minimum Gasteiger partial charge on any atom is -0.455 e. The van der Waals surface area contributed by atoms with E-state index in [0.717, 1.165) is 78.1 Å². The van der Waals surface area contributed by atoms with Crippen LogP contribution in [-0.2, 0) is 0 Å². The largest absolute Gasteiger partial charge is 0.455 e. The van der Waals surface area contributed by atoms with Gasteiger partial charge < -0.3 is 13.9 Å². The monoisotopic (exact) mass is 818 g/mol. The maximum atomic E-state index is 7.04. The molecule has 10 aromatic carbocycles. The fourth-order valence-corrected chi connectivity index (χ4v) is 9.73. The van der Waals surface area contributed by atoms with E-state index in [0.29, 0.717) is 0 Å². The zero-order chi connectivity index (χ0) is 42.6. The first-order valence-corrected chi connectivity index (χ1v) is 21.9. The van der Waals surface area contributed by atoms with Gasteiger partial charge in [-0.2, -0.15) is 0 Å². The first kappa shape index (κ1) is 37.4. The molecule has 0 spiro atoms. The number of nitrogens with zero attached hydrogens (tertiary/aromatic N) is 2. The molecule has 64 heavy (non-hydrogen) atoms. The van der Waals surface area contributed by atoms with Crippen molar-refractivity contribution in [3.05, 3.63) is 242 Å². The number of anilines is 3. The normalized spacial score (nSPS) is 11.5. The molecule has 3 heteroatoms. The summed E-state index contributed by atoms with van der Waals surface area (Å²) in [6.07, 6.45) is 0. The molecule has 0 saturated heterocycles. The lowest BCUT2D eigenvalue weighted by Gasteiger charge is -2.31. The second kappa shape index (κ2) is 15.5. The summed E-state index contributed by atoms with van der Waals surface area (Å²) >= 11 is 0. The van der Waals surface area contributed by atoms with Crippen LogP contribution >= 0.6 is 0 Å². The SMILES string of the molecule is Cc1cc(-c2ccccc2)ccc1N(c1ccc(-c2ccccc2)cc1-c1ccccc1)c1ccc(-c2cccc(-n3c4ccccc4c4ccccc43)c2)c2oc3ccccc3c12. The molecule has 2 heterocycles. The van der Waals surface area contributed by atoms with Crippen LogP contribution in [0.2, 0.25) is 0 Å². The average Bonchev–Trinajstić information content (AvgIpc) is 3.92. The van der Waals surface area contributed by atoms with E-state index in [-0.39, 0.29) is 0 Å². The third kappa shape index (κ3) is 6.29. The van der Waals surface area contributed by atoms with Crippen molar-refractivity contribution >= 4 is 60.8 Å². The molecule has 0 aliphatic heterocycles. The highest BCUT2D eigenvalue weighted by atomic mass is 16.3. The van der Waals surface area contributed by atoms with E-state index in [1.807, 2.05) is 0 Å². The van der Waals surface area contributed by atoms with Gasteiger partial charge in [0.25, 0.3) is 0 Å². The Labute approximate surface area is 372 Å². The van der Waals surface area contributed by atoms with Gasteiger partial charge >= 0.3 is 0 Å². The first-order valence-electron chi connectivity index (χ1n) is 21.9. The molecule has 0 N–H and O–H groups in total. The Morgan fingerprint density at radius 2 is 0.891 bits per heavy atom. The Morgan fingerprint density at radius 3 is 1.55 bits per heavy atom. The summed E-state index contributed by atoms with van der Waals surface area (Å²) in [5.41, 5.74) is 18.7. The standard InChI is InChI=1S/C61H42N2O/c1-41-38-45(42-18-5-2-6-19-42)32-35-54(41)63(57-36-33-46(43-20-7-3-8-21-43)40-53(57)44-22-9-4-10-23-44)58-37-34-49(61-60(58)52-28-13-16-31-59(52)64-61)47-24-17-25-48(39-47)62-55-29-14-11-26-50(55)51-27-12-15-30-56(51)62/h2-40H,1H3. The molecule has 0 saturated carbocycles. The van der Waals surface area contributed by atoms with E-state index in [9.17, 15) is 0 Å². The number of hydrogen-bond acceptors (Lipinski definition) is 2. The van der Waals surface area contributed by atoms with Crippen LogP contribution in [0.4, 0.5) is 17.1 Å². The van der Waals surface area contributed by atoms with Crippen molar-refractivity contribution in [3.8, 4) is 50.2 Å². The van der Waals surface area contributed by atoms with Gasteiger partial charge in [0.15, 0.2) is 0 Å². The molecular formula is C61H42N2O.